The van der Waals surface area contributed by atoms with Gasteiger partial charge in [0.2, 0.25) is 0 Å². The first-order valence-corrected chi connectivity index (χ1v) is 57.5. The maximum atomic E-state index is 11.9. The summed E-state index contributed by atoms with van der Waals surface area (Å²) in [6.45, 7) is 73.0. The van der Waals surface area contributed by atoms with Crippen LogP contribution in [0.15, 0.2) is 140 Å². The minimum Gasteiger partial charge on any atom is -0.491 e. The summed E-state index contributed by atoms with van der Waals surface area (Å²) in [5, 5.41) is 0.996. The third kappa shape index (κ3) is 72.6. The van der Waals surface area contributed by atoms with Gasteiger partial charge in [0, 0.05) is 17.4 Å². The van der Waals surface area contributed by atoms with Crippen LogP contribution in [0.2, 0.25) is 0 Å². The fourth-order valence-electron chi connectivity index (χ4n) is 10.6. The van der Waals surface area contributed by atoms with E-state index in [4.69, 9.17) is 23.7 Å². The number of benzene rings is 5. The van der Waals surface area contributed by atoms with Crippen molar-refractivity contribution in [2.75, 3.05) is 119 Å². The predicted molar refractivity (Wildman–Crippen MR) is 497 cm³/mol. The maximum Gasteiger partial charge on any atom is 0.119 e. The van der Waals surface area contributed by atoms with Crippen molar-refractivity contribution in [1.29, 1.82) is 0 Å². The van der Waals surface area contributed by atoms with Gasteiger partial charge in [-0.25, -0.2) is 0 Å². The summed E-state index contributed by atoms with van der Waals surface area (Å²) in [5.74, 6) is 5.53. The zero-order chi connectivity index (χ0) is 85.1. The van der Waals surface area contributed by atoms with Crippen LogP contribution in [0, 0.1) is 41.4 Å². The predicted octanol–water partition coefficient (Wildman–Crippen LogP) is 29.8. The number of para-hydroxylation sites is 1. The van der Waals surface area contributed by atoms with E-state index < -0.39 is 42.9 Å². The highest BCUT2D eigenvalue weighted by atomic mass is 31.2. The Morgan fingerprint density at radius 3 is 1.19 bits per heavy atom. The first-order chi connectivity index (χ1) is 50.3. The van der Waals surface area contributed by atoms with Gasteiger partial charge in [0.15, 0.2) is 0 Å². The van der Waals surface area contributed by atoms with E-state index in [2.05, 4.69) is 156 Å². The third-order valence-corrected chi connectivity index (χ3v) is 20.8. The topological polar surface area (TPSA) is 149 Å². The van der Waals surface area contributed by atoms with Gasteiger partial charge < -0.3 is 51.1 Å². The number of hydrogen-bond donors (Lipinski definition) is 0. The Balaban J connectivity index is -0.000000223. The van der Waals surface area contributed by atoms with Gasteiger partial charge in [-0.1, -0.05) is 301 Å². The van der Waals surface area contributed by atoms with Crippen LogP contribution in [0.1, 0.15) is 246 Å². The molecule has 0 amide bonds. The van der Waals surface area contributed by atoms with Gasteiger partial charge in [-0.2, -0.15) is 0 Å². The molecule has 1 fully saturated rings. The molecule has 5 aromatic carbocycles. The molecule has 5 atom stereocenters. The lowest BCUT2D eigenvalue weighted by Gasteiger charge is -2.24. The van der Waals surface area contributed by atoms with Crippen molar-refractivity contribution in [1.82, 2.24) is 0 Å². The van der Waals surface area contributed by atoms with Crippen LogP contribution in [-0.2, 0) is 65.3 Å². The molecule has 1 aliphatic carbocycles. The normalized spacial score (nSPS) is 13.9. The SMILES string of the molecule is C.CC.CC.CC.CC.CC.CC.CC(C)C(COCP(C)(C)=O)c1ccccc1.CC(C)C1CCCC1OCP(C)(C)=O.CC(C)CC(COc1ccccc1)OCP(C)(C)=O.CC(C)CC(OCP(C)(C)=O)c1ccccc1.CC(C)Cc1cccc(CP(C)(C)=O)c1.CC(C)Cc1cccc(P(C)(C)=O)c1. The standard InChI is InChI=1S/C15H25O3P.2C14H23O2P.C13H21OP.C12H19OP.C11H23O2P.6C2H6.CH4/c1-13(2)10-15(18-12-19(3,4)16)11-17-14-8-6-5-7-9-14;1-12(2)14(10-16-11-17(3,4)15)13-8-6-5-7-9-13;1-12(2)10-14(16-11-17(3,4)15)13-8-6-5-7-9-13;1-11(2)8-12-6-5-7-13(9-12)10-15(3,4)14;1-10(2)8-11-6-5-7-12(9-11)14(3,4)13;1-9(2)10-6-5-7-11(10)13-8-14(3,4)12;6*1-2;/h5-9,13,15H,10-12H2,1-4H3;2*5-9,12,14H,10-11H2,1-4H3;5-7,9,11H,8,10H2,1-4H3;5-7,9-10H,8H2,1-4H3;9-11H,5-8H2,1-4H3;6*1-2H3;1H4. The van der Waals surface area contributed by atoms with Crippen molar-refractivity contribution >= 4 is 48.2 Å². The summed E-state index contributed by atoms with van der Waals surface area (Å²) < 4.78 is 98.8. The molecule has 1 saturated carbocycles. The molecule has 109 heavy (non-hydrogen) atoms. The molecule has 0 saturated heterocycles. The zero-order valence-electron chi connectivity index (χ0n) is 76.2. The molecular weight excluding hydrogens is 1470 g/mol. The minimum absolute atomic E-state index is 0. The van der Waals surface area contributed by atoms with E-state index in [1.54, 1.807) is 53.3 Å². The third-order valence-electron chi connectivity index (χ3n) is 15.0. The van der Waals surface area contributed by atoms with E-state index in [0.717, 1.165) is 49.3 Å². The van der Waals surface area contributed by atoms with Crippen LogP contribution in [0.4, 0.5) is 0 Å². The van der Waals surface area contributed by atoms with E-state index in [1.165, 1.54) is 40.7 Å². The van der Waals surface area contributed by atoms with Crippen LogP contribution < -0.4 is 10.0 Å². The Kier molecular flexibility index (Phi) is 74.8. The molecule has 638 valence electrons. The summed E-state index contributed by atoms with van der Waals surface area (Å²) in [7, 11) is -12.3. The fraction of sp³-hybridized carbons (Fsp3) is 0.674. The van der Waals surface area contributed by atoms with Crippen molar-refractivity contribution in [3.05, 3.63) is 167 Å². The number of rotatable bonds is 31. The lowest BCUT2D eigenvalue weighted by atomic mass is 9.89. The van der Waals surface area contributed by atoms with Crippen LogP contribution in [0.5, 0.6) is 5.75 Å². The van der Waals surface area contributed by atoms with Crippen LogP contribution >= 0.6 is 42.9 Å². The average molecular weight is 1640 g/mol. The Morgan fingerprint density at radius 1 is 0.394 bits per heavy atom. The van der Waals surface area contributed by atoms with Crippen molar-refractivity contribution < 1.29 is 51.1 Å². The number of ether oxygens (including phenoxy) is 5. The second-order valence-electron chi connectivity index (χ2n) is 31.5. The minimum atomic E-state index is -2.14. The van der Waals surface area contributed by atoms with Crippen LogP contribution in [-0.4, -0.2) is 131 Å². The van der Waals surface area contributed by atoms with Gasteiger partial charge >= 0.3 is 0 Å². The zero-order valence-corrected chi connectivity index (χ0v) is 81.6. The Labute approximate surface area is 677 Å². The Bertz CT molecular complexity index is 3150. The van der Waals surface area contributed by atoms with E-state index in [0.29, 0.717) is 92.1 Å². The average Bonchev–Trinajstić information content (AvgIpc) is 1.86. The summed E-state index contributed by atoms with van der Waals surface area (Å²) in [6.07, 6.45) is 10.4. The van der Waals surface area contributed by atoms with Gasteiger partial charge in [-0.05, 0) is 206 Å². The molecule has 6 rings (SSSR count). The molecule has 1 aliphatic rings. The van der Waals surface area contributed by atoms with Gasteiger partial charge in [0.1, 0.15) is 48.1 Å². The monoisotopic (exact) mass is 1640 g/mol. The maximum absolute atomic E-state index is 11.9. The first-order valence-electron chi connectivity index (χ1n) is 40.9. The molecule has 0 heterocycles. The summed E-state index contributed by atoms with van der Waals surface area (Å²) >= 11 is 0. The molecule has 5 aromatic rings. The molecular formula is C92H174O11P6. The highest BCUT2D eigenvalue weighted by Crippen LogP contribution is 2.43. The number of hydrogen-bond acceptors (Lipinski definition) is 11. The van der Waals surface area contributed by atoms with E-state index in [9.17, 15) is 27.4 Å². The lowest BCUT2D eigenvalue weighted by Crippen LogP contribution is -2.24. The van der Waals surface area contributed by atoms with Crippen molar-refractivity contribution in [2.24, 2.45) is 41.4 Å². The molecule has 0 aromatic heterocycles. The molecule has 0 bridgehead atoms. The lowest BCUT2D eigenvalue weighted by molar-refractivity contribution is 0.0315. The quantitative estimate of drug-likeness (QED) is 0.0390. The molecule has 0 radical (unpaired) electrons. The first kappa shape index (κ1) is 119. The highest BCUT2D eigenvalue weighted by Gasteiger charge is 2.31. The summed E-state index contributed by atoms with van der Waals surface area (Å²) in [6, 6.07) is 46.9. The largest absolute Gasteiger partial charge is 0.491 e. The molecule has 0 aliphatic heterocycles. The van der Waals surface area contributed by atoms with E-state index in [1.807, 2.05) is 176 Å². The Hall–Kier alpha value is -2.88. The summed E-state index contributed by atoms with van der Waals surface area (Å²) in [5.41, 5.74) is 6.33. The van der Waals surface area contributed by atoms with Gasteiger partial charge in [0.05, 0.1) is 57.5 Å². The smallest absolute Gasteiger partial charge is 0.119 e. The Morgan fingerprint density at radius 2 is 0.798 bits per heavy atom. The molecule has 17 heteroatoms. The van der Waals surface area contributed by atoms with Crippen LogP contribution in [0.25, 0.3) is 0 Å². The molecule has 0 spiro atoms. The molecule has 5 unspecified atom stereocenters. The van der Waals surface area contributed by atoms with Crippen molar-refractivity contribution in [3.8, 4) is 5.75 Å². The highest BCUT2D eigenvalue weighted by molar-refractivity contribution is 7.70. The summed E-state index contributed by atoms with van der Waals surface area (Å²) in [4.78, 5) is 0. The van der Waals surface area contributed by atoms with E-state index in [-0.39, 0.29) is 19.6 Å². The van der Waals surface area contributed by atoms with Gasteiger partial charge in [0.25, 0.3) is 0 Å². The molecule has 0 N–H and O–H groups in total. The molecule has 11 nitrogen and oxygen atoms in total. The van der Waals surface area contributed by atoms with Gasteiger partial charge in [-0.3, -0.25) is 0 Å². The van der Waals surface area contributed by atoms with Crippen molar-refractivity contribution in [3.63, 3.8) is 0 Å². The second kappa shape index (κ2) is 68.4. The van der Waals surface area contributed by atoms with E-state index >= 15 is 0 Å². The fourth-order valence-corrected chi connectivity index (χ4v) is 14.8. The van der Waals surface area contributed by atoms with Crippen LogP contribution in [0.3, 0.4) is 0 Å². The van der Waals surface area contributed by atoms with Gasteiger partial charge in [-0.15, -0.1) is 0 Å². The van der Waals surface area contributed by atoms with Crippen molar-refractivity contribution in [2.45, 2.75) is 249 Å². The second-order valence-corrected chi connectivity index (χ2v) is 51.8.